The minimum atomic E-state index is -2.23. The first kappa shape index (κ1) is 13.7. The lowest BCUT2D eigenvalue weighted by molar-refractivity contribution is 0.197. The Morgan fingerprint density at radius 1 is 1.00 bits per heavy atom. The normalized spacial score (nSPS) is 11.8. The summed E-state index contributed by atoms with van der Waals surface area (Å²) in [6, 6.07) is 8.74. The first-order valence-corrected chi connectivity index (χ1v) is 8.12. The Balaban J connectivity index is 3.02. The molecule has 1 aromatic rings. The molecule has 0 aliphatic heterocycles. The van der Waals surface area contributed by atoms with E-state index in [1.807, 2.05) is 38.1 Å². The van der Waals surface area contributed by atoms with Crippen LogP contribution in [0.5, 0.6) is 0 Å². The Morgan fingerprint density at radius 3 is 1.88 bits per heavy atom. The Bertz CT molecular complexity index is 307. The molecule has 4 heteroatoms. The monoisotopic (exact) mass is 258 g/mol. The van der Waals surface area contributed by atoms with Gasteiger partial charge in [0.05, 0.1) is 0 Å². The van der Waals surface area contributed by atoms with Crippen LogP contribution >= 0.6 is 11.6 Å². The van der Waals surface area contributed by atoms with E-state index in [0.29, 0.717) is 13.2 Å². The average molecular weight is 259 g/mol. The first-order valence-electron chi connectivity index (χ1n) is 5.72. The van der Waals surface area contributed by atoms with E-state index in [1.165, 1.54) is 0 Å². The zero-order valence-corrected chi connectivity index (χ0v) is 11.9. The third-order valence-corrected chi connectivity index (χ3v) is 6.41. The van der Waals surface area contributed by atoms with Crippen LogP contribution in [0.25, 0.3) is 0 Å². The van der Waals surface area contributed by atoms with E-state index in [2.05, 4.69) is 6.92 Å². The van der Waals surface area contributed by atoms with Gasteiger partial charge in [0, 0.05) is 18.2 Å². The topological polar surface area (TPSA) is 18.5 Å². The number of hydrogen-bond acceptors (Lipinski definition) is 2. The molecule has 0 bridgehead atoms. The molecule has 90 valence electrons. The van der Waals surface area contributed by atoms with Gasteiger partial charge in [-0.15, -0.1) is 0 Å². The SMILES string of the molecule is CCO[Si](CC)(OCC)c1ccc(Cl)cc1. The van der Waals surface area contributed by atoms with Crippen molar-refractivity contribution in [2.45, 2.75) is 26.8 Å². The summed E-state index contributed by atoms with van der Waals surface area (Å²) in [5.41, 5.74) is 0. The molecule has 0 heterocycles. The predicted molar refractivity (Wildman–Crippen MR) is 70.6 cm³/mol. The molecule has 0 radical (unpaired) electrons. The molecule has 0 aliphatic rings. The van der Waals surface area contributed by atoms with Gasteiger partial charge in [-0.25, -0.2) is 0 Å². The van der Waals surface area contributed by atoms with Crippen molar-refractivity contribution in [2.24, 2.45) is 0 Å². The second kappa shape index (κ2) is 6.40. The van der Waals surface area contributed by atoms with Crippen molar-refractivity contribution in [2.75, 3.05) is 13.2 Å². The highest BCUT2D eigenvalue weighted by molar-refractivity contribution is 6.81. The molecule has 0 fully saturated rings. The molecule has 0 atom stereocenters. The van der Waals surface area contributed by atoms with Gasteiger partial charge in [0.1, 0.15) is 0 Å². The average Bonchev–Trinajstić information content (AvgIpc) is 2.29. The molecule has 2 nitrogen and oxygen atoms in total. The maximum atomic E-state index is 5.92. The summed E-state index contributed by atoms with van der Waals surface area (Å²) in [7, 11) is -2.23. The van der Waals surface area contributed by atoms with Crippen molar-refractivity contribution in [1.82, 2.24) is 0 Å². The number of benzene rings is 1. The lowest BCUT2D eigenvalue weighted by atomic mass is 10.4. The number of halogens is 1. The highest BCUT2D eigenvalue weighted by Gasteiger charge is 2.37. The van der Waals surface area contributed by atoms with Crippen LogP contribution in [0.3, 0.4) is 0 Å². The minimum absolute atomic E-state index is 0.683. The molecule has 0 saturated carbocycles. The number of rotatable bonds is 6. The fourth-order valence-corrected chi connectivity index (χ4v) is 4.75. The highest BCUT2D eigenvalue weighted by Crippen LogP contribution is 2.15. The third kappa shape index (κ3) is 3.07. The molecule has 1 aromatic carbocycles. The van der Waals surface area contributed by atoms with Gasteiger partial charge < -0.3 is 8.85 Å². The Morgan fingerprint density at radius 2 is 1.50 bits per heavy atom. The Kier molecular flexibility index (Phi) is 5.48. The molecule has 0 aromatic heterocycles. The predicted octanol–water partition coefficient (Wildman–Crippen LogP) is 3.08. The first-order chi connectivity index (χ1) is 7.68. The van der Waals surface area contributed by atoms with E-state index in [1.54, 1.807) is 0 Å². The van der Waals surface area contributed by atoms with Gasteiger partial charge in [0.25, 0.3) is 0 Å². The van der Waals surface area contributed by atoms with Gasteiger partial charge in [-0.2, -0.15) is 0 Å². The van der Waals surface area contributed by atoms with Gasteiger partial charge in [-0.3, -0.25) is 0 Å². The largest absolute Gasteiger partial charge is 0.391 e. The molecule has 0 amide bonds. The Labute approximate surface area is 104 Å². The van der Waals surface area contributed by atoms with Crippen LogP contribution in [-0.2, 0) is 8.85 Å². The van der Waals surface area contributed by atoms with Crippen LogP contribution < -0.4 is 5.19 Å². The summed E-state index contributed by atoms with van der Waals surface area (Å²) in [6.07, 6.45) is 0. The molecule has 16 heavy (non-hydrogen) atoms. The summed E-state index contributed by atoms with van der Waals surface area (Å²) in [6.45, 7) is 7.50. The lowest BCUT2D eigenvalue weighted by Gasteiger charge is -2.29. The van der Waals surface area contributed by atoms with Crippen LogP contribution in [0.4, 0.5) is 0 Å². The molecule has 0 saturated heterocycles. The zero-order chi connectivity index (χ0) is 12.0. The van der Waals surface area contributed by atoms with Crippen LogP contribution in [0.15, 0.2) is 24.3 Å². The summed E-state index contributed by atoms with van der Waals surface area (Å²) in [5, 5.41) is 1.90. The van der Waals surface area contributed by atoms with Crippen molar-refractivity contribution < 1.29 is 8.85 Å². The standard InChI is InChI=1S/C12H19ClO2Si/c1-4-14-16(6-3,15-5-2)12-9-7-11(13)8-10-12/h7-10H,4-6H2,1-3H3. The molecule has 0 aliphatic carbocycles. The molecule has 0 spiro atoms. The summed E-state index contributed by atoms with van der Waals surface area (Å²) >= 11 is 5.89. The maximum absolute atomic E-state index is 5.92. The third-order valence-electron chi connectivity index (χ3n) is 2.50. The molecule has 0 N–H and O–H groups in total. The zero-order valence-electron chi connectivity index (χ0n) is 10.1. The van der Waals surface area contributed by atoms with Crippen LogP contribution in [-0.4, -0.2) is 21.8 Å². The second-order valence-electron chi connectivity index (χ2n) is 3.48. The van der Waals surface area contributed by atoms with E-state index in [-0.39, 0.29) is 0 Å². The van der Waals surface area contributed by atoms with Gasteiger partial charge in [0.15, 0.2) is 0 Å². The van der Waals surface area contributed by atoms with E-state index >= 15 is 0 Å². The van der Waals surface area contributed by atoms with Crippen molar-refractivity contribution >= 4 is 25.3 Å². The van der Waals surface area contributed by atoms with E-state index in [0.717, 1.165) is 16.3 Å². The Hall–Kier alpha value is -0.353. The molecular weight excluding hydrogens is 240 g/mol. The summed E-state index contributed by atoms with van der Waals surface area (Å²) in [4.78, 5) is 0. The quantitative estimate of drug-likeness (QED) is 0.730. The van der Waals surface area contributed by atoms with Crippen molar-refractivity contribution in [3.63, 3.8) is 0 Å². The smallest absolute Gasteiger partial charge is 0.372 e. The highest BCUT2D eigenvalue weighted by atomic mass is 35.5. The number of hydrogen-bond donors (Lipinski definition) is 0. The molecule has 0 unspecified atom stereocenters. The summed E-state index contributed by atoms with van der Waals surface area (Å²) in [5.74, 6) is 0. The van der Waals surface area contributed by atoms with Gasteiger partial charge in [0.2, 0.25) is 0 Å². The fraction of sp³-hybridized carbons (Fsp3) is 0.500. The second-order valence-corrected chi connectivity index (χ2v) is 7.28. The van der Waals surface area contributed by atoms with Crippen LogP contribution in [0, 0.1) is 0 Å². The fourth-order valence-electron chi connectivity index (χ4n) is 1.79. The van der Waals surface area contributed by atoms with Gasteiger partial charge in [-0.05, 0) is 37.2 Å². The maximum Gasteiger partial charge on any atom is 0.372 e. The van der Waals surface area contributed by atoms with E-state index in [9.17, 15) is 0 Å². The summed E-state index contributed by atoms with van der Waals surface area (Å²) < 4.78 is 11.8. The van der Waals surface area contributed by atoms with Crippen molar-refractivity contribution in [3.8, 4) is 0 Å². The molecular formula is C12H19ClO2Si. The molecule has 1 rings (SSSR count). The lowest BCUT2D eigenvalue weighted by Crippen LogP contribution is -2.53. The van der Waals surface area contributed by atoms with Crippen molar-refractivity contribution in [1.29, 1.82) is 0 Å². The van der Waals surface area contributed by atoms with E-state index in [4.69, 9.17) is 20.5 Å². The van der Waals surface area contributed by atoms with Crippen molar-refractivity contribution in [3.05, 3.63) is 29.3 Å². The van der Waals surface area contributed by atoms with Gasteiger partial charge in [-0.1, -0.05) is 30.7 Å². The minimum Gasteiger partial charge on any atom is -0.391 e. The van der Waals surface area contributed by atoms with Crippen LogP contribution in [0.2, 0.25) is 11.1 Å². The van der Waals surface area contributed by atoms with Crippen LogP contribution in [0.1, 0.15) is 20.8 Å². The van der Waals surface area contributed by atoms with E-state index < -0.39 is 8.56 Å². The van der Waals surface area contributed by atoms with Gasteiger partial charge >= 0.3 is 8.56 Å².